The number of amides is 1. The van der Waals surface area contributed by atoms with Gasteiger partial charge >= 0.3 is 12.2 Å². The number of halogens is 3. The van der Waals surface area contributed by atoms with E-state index >= 15 is 0 Å². The molecule has 1 aliphatic heterocycles. The van der Waals surface area contributed by atoms with Crippen LogP contribution in [0.5, 0.6) is 0 Å². The molecule has 1 saturated carbocycles. The second-order valence-electron chi connectivity index (χ2n) is 11.2. The minimum absolute atomic E-state index is 0.0305. The number of anilines is 1. The highest BCUT2D eigenvalue weighted by Crippen LogP contribution is 2.39. The van der Waals surface area contributed by atoms with Crippen LogP contribution in [0, 0.1) is 5.92 Å². The van der Waals surface area contributed by atoms with E-state index in [4.69, 9.17) is 16.0 Å². The molecule has 228 valence electrons. The van der Waals surface area contributed by atoms with Crippen molar-refractivity contribution in [2.75, 3.05) is 5.32 Å². The molecule has 1 atom stereocenters. The van der Waals surface area contributed by atoms with Crippen molar-refractivity contribution in [3.05, 3.63) is 99.5 Å². The summed E-state index contributed by atoms with van der Waals surface area (Å²) in [6, 6.07) is 11.7. The number of aromatic nitrogens is 6. The Morgan fingerprint density at radius 3 is 2.69 bits per heavy atom. The molecule has 2 bridgehead atoms. The molecule has 13 heteroatoms. The Balaban J connectivity index is 1.32. The standard InChI is InChI=1S/C32H26ClF2N7O3/c1-17-3-2-4-21(24-13-19(11-12-36-24)29-25(38-30(17)43)15-37-42(29)32(34)35)22-8-10-28(45-31(22)44)23-14-20(33)7-9-27(23)41-16-26(39-40-41)18-5-6-18/h4,7-18,32H,2-3,5-6H2,1H3,(H,38,43)/b21-4-/t17-/m1/s1. The number of pyridine rings is 1. The zero-order chi connectivity index (χ0) is 31.2. The van der Waals surface area contributed by atoms with Crippen LogP contribution in [-0.2, 0) is 4.79 Å². The topological polar surface area (TPSA) is 121 Å². The van der Waals surface area contributed by atoms with Crippen molar-refractivity contribution in [1.29, 1.82) is 0 Å². The number of carbonyl (C=O) groups excluding carboxylic acids is 1. The van der Waals surface area contributed by atoms with Gasteiger partial charge in [-0.3, -0.25) is 9.78 Å². The van der Waals surface area contributed by atoms with E-state index < -0.39 is 18.1 Å². The molecule has 1 amide bonds. The van der Waals surface area contributed by atoms with Crippen LogP contribution >= 0.6 is 11.6 Å². The van der Waals surface area contributed by atoms with Gasteiger partial charge in [-0.25, -0.2) is 14.2 Å². The Morgan fingerprint density at radius 2 is 1.91 bits per heavy atom. The number of hydrogen-bond donors (Lipinski definition) is 1. The average molecular weight is 630 g/mol. The Labute approximate surface area is 260 Å². The van der Waals surface area contributed by atoms with Gasteiger partial charge in [-0.05, 0) is 68.1 Å². The SMILES string of the molecule is C[C@@H]1CC/C=C(/c2ccc(-c3cc(Cl)ccc3-n3cc(C4CC4)nn3)oc2=O)c2cc(ccn2)-c2c(cnn2C(F)F)NC1=O. The minimum atomic E-state index is -2.95. The zero-order valence-corrected chi connectivity index (χ0v) is 24.7. The van der Waals surface area contributed by atoms with Crippen LogP contribution in [0.2, 0.25) is 5.02 Å². The molecule has 7 rings (SSSR count). The fourth-order valence-corrected chi connectivity index (χ4v) is 5.63. The van der Waals surface area contributed by atoms with Crippen molar-refractivity contribution in [2.45, 2.75) is 45.1 Å². The highest BCUT2D eigenvalue weighted by molar-refractivity contribution is 6.31. The molecule has 10 nitrogen and oxygen atoms in total. The van der Waals surface area contributed by atoms with Crippen LogP contribution < -0.4 is 10.9 Å². The predicted molar refractivity (Wildman–Crippen MR) is 163 cm³/mol. The number of alkyl halides is 2. The van der Waals surface area contributed by atoms with Gasteiger partial charge < -0.3 is 9.73 Å². The second-order valence-corrected chi connectivity index (χ2v) is 11.6. The van der Waals surface area contributed by atoms with Crippen molar-refractivity contribution < 1.29 is 18.0 Å². The summed E-state index contributed by atoms with van der Waals surface area (Å²) in [5.41, 5.74) is 3.06. The first kappa shape index (κ1) is 28.8. The van der Waals surface area contributed by atoms with Crippen LogP contribution in [0.1, 0.15) is 62.0 Å². The molecule has 0 unspecified atom stereocenters. The van der Waals surface area contributed by atoms with Crippen molar-refractivity contribution in [1.82, 2.24) is 29.8 Å². The van der Waals surface area contributed by atoms with Gasteiger partial charge in [-0.15, -0.1) is 5.10 Å². The first-order valence-corrected chi connectivity index (χ1v) is 14.8. The van der Waals surface area contributed by atoms with Crippen LogP contribution in [0.15, 0.2) is 76.3 Å². The summed E-state index contributed by atoms with van der Waals surface area (Å²) in [5.74, 6) is -0.0881. The van der Waals surface area contributed by atoms with Gasteiger partial charge in [0.15, 0.2) is 0 Å². The lowest BCUT2D eigenvalue weighted by Crippen LogP contribution is -2.21. The maximum Gasteiger partial charge on any atom is 0.344 e. The fourth-order valence-electron chi connectivity index (χ4n) is 5.46. The van der Waals surface area contributed by atoms with E-state index in [1.54, 1.807) is 54.1 Å². The van der Waals surface area contributed by atoms with Gasteiger partial charge in [0.1, 0.15) is 5.76 Å². The summed E-state index contributed by atoms with van der Waals surface area (Å²) in [5, 5.41) is 15.6. The number of carbonyl (C=O) groups is 1. The van der Waals surface area contributed by atoms with Crippen LogP contribution in [0.3, 0.4) is 0 Å². The third kappa shape index (κ3) is 5.57. The van der Waals surface area contributed by atoms with Crippen molar-refractivity contribution in [2.24, 2.45) is 5.92 Å². The number of benzene rings is 1. The smallest absolute Gasteiger partial charge is 0.344 e. The van der Waals surface area contributed by atoms with Crippen molar-refractivity contribution in [3.63, 3.8) is 0 Å². The third-order valence-corrected chi connectivity index (χ3v) is 8.27. The van der Waals surface area contributed by atoms with Gasteiger partial charge in [0.2, 0.25) is 5.91 Å². The molecule has 0 saturated heterocycles. The number of rotatable bonds is 5. The minimum Gasteiger partial charge on any atom is -0.422 e. The Morgan fingerprint density at radius 1 is 1.07 bits per heavy atom. The molecule has 2 aliphatic rings. The molecule has 1 aromatic carbocycles. The van der Waals surface area contributed by atoms with Crippen LogP contribution in [0.25, 0.3) is 33.8 Å². The largest absolute Gasteiger partial charge is 0.422 e. The molecule has 4 aromatic heterocycles. The van der Waals surface area contributed by atoms with E-state index in [-0.39, 0.29) is 28.6 Å². The maximum absolute atomic E-state index is 13.9. The second kappa shape index (κ2) is 11.5. The van der Waals surface area contributed by atoms with Gasteiger partial charge in [-0.1, -0.05) is 29.8 Å². The molecule has 0 spiro atoms. The van der Waals surface area contributed by atoms with Gasteiger partial charge in [0.05, 0.1) is 46.4 Å². The summed E-state index contributed by atoms with van der Waals surface area (Å²) in [6.07, 6.45) is 9.39. The van der Waals surface area contributed by atoms with E-state index in [0.29, 0.717) is 56.5 Å². The van der Waals surface area contributed by atoms with Crippen molar-refractivity contribution >= 4 is 28.8 Å². The number of hydrogen-bond acceptors (Lipinski definition) is 7. The van der Waals surface area contributed by atoms with Gasteiger partial charge in [0.25, 0.3) is 0 Å². The van der Waals surface area contributed by atoms with Gasteiger partial charge in [-0.2, -0.15) is 13.9 Å². The molecule has 1 N–H and O–H groups in total. The first-order valence-electron chi connectivity index (χ1n) is 14.5. The Bertz CT molecular complexity index is 2030. The Kier molecular flexibility index (Phi) is 7.36. The quantitative estimate of drug-likeness (QED) is 0.225. The molecular formula is C32H26ClF2N7O3. The van der Waals surface area contributed by atoms with Crippen molar-refractivity contribution in [3.8, 4) is 28.3 Å². The number of nitrogens with zero attached hydrogens (tertiary/aromatic N) is 6. The lowest BCUT2D eigenvalue weighted by Gasteiger charge is -2.16. The summed E-state index contributed by atoms with van der Waals surface area (Å²) in [7, 11) is 0. The molecule has 0 radical (unpaired) electrons. The summed E-state index contributed by atoms with van der Waals surface area (Å²) in [4.78, 5) is 31.0. The van der Waals surface area contributed by atoms with E-state index in [1.807, 2.05) is 12.3 Å². The van der Waals surface area contributed by atoms with Crippen LogP contribution in [-0.4, -0.2) is 35.7 Å². The number of fused-ring (bicyclic) bond motifs is 4. The van der Waals surface area contributed by atoms with E-state index in [0.717, 1.165) is 18.5 Å². The average Bonchev–Trinajstić information content (AvgIpc) is 3.60. The molecular weight excluding hydrogens is 604 g/mol. The monoisotopic (exact) mass is 629 g/mol. The zero-order valence-electron chi connectivity index (χ0n) is 24.0. The normalized spacial score (nSPS) is 18.0. The molecule has 45 heavy (non-hydrogen) atoms. The molecule has 1 aliphatic carbocycles. The molecule has 5 heterocycles. The predicted octanol–water partition coefficient (Wildman–Crippen LogP) is 6.87. The maximum atomic E-state index is 13.9. The highest BCUT2D eigenvalue weighted by Gasteiger charge is 2.28. The molecule has 1 fully saturated rings. The first-order chi connectivity index (χ1) is 21.8. The van der Waals surface area contributed by atoms with Crippen LogP contribution in [0.4, 0.5) is 14.5 Å². The lowest BCUT2D eigenvalue weighted by molar-refractivity contribution is -0.119. The molecule has 5 aromatic rings. The summed E-state index contributed by atoms with van der Waals surface area (Å²) < 4.78 is 36.0. The highest BCUT2D eigenvalue weighted by atomic mass is 35.5. The van der Waals surface area contributed by atoms with E-state index in [9.17, 15) is 18.4 Å². The third-order valence-electron chi connectivity index (χ3n) is 8.03. The fraction of sp³-hybridized carbons (Fsp3) is 0.250. The lowest BCUT2D eigenvalue weighted by atomic mass is 9.96. The number of nitrogens with one attached hydrogen (secondary N) is 1. The summed E-state index contributed by atoms with van der Waals surface area (Å²) >= 11 is 6.35. The van der Waals surface area contributed by atoms with E-state index in [1.165, 1.54) is 12.4 Å². The van der Waals surface area contributed by atoms with E-state index in [2.05, 4.69) is 25.7 Å². The van der Waals surface area contributed by atoms with Gasteiger partial charge in [0, 0.05) is 39.8 Å². The number of allylic oxidation sites excluding steroid dienone is 1. The summed E-state index contributed by atoms with van der Waals surface area (Å²) in [6.45, 7) is -1.20. The Hall–Kier alpha value is -4.97.